The smallest absolute Gasteiger partial charge is 0.258 e. The average Bonchev–Trinajstić information content (AvgIpc) is 3.18. The summed E-state index contributed by atoms with van der Waals surface area (Å²) in [7, 11) is 0. The molecule has 0 radical (unpaired) electrons. The maximum atomic E-state index is 12.0. The highest BCUT2D eigenvalue weighted by atomic mass is 32.1. The Labute approximate surface area is 141 Å². The van der Waals surface area contributed by atoms with Crippen LogP contribution < -0.4 is 10.6 Å². The quantitative estimate of drug-likeness (QED) is 0.750. The molecule has 0 aliphatic rings. The molecule has 0 aliphatic carbocycles. The molecule has 2 aromatic heterocycles. The van der Waals surface area contributed by atoms with Crippen molar-refractivity contribution in [3.63, 3.8) is 0 Å². The Morgan fingerprint density at radius 1 is 1.04 bits per heavy atom. The van der Waals surface area contributed by atoms with Gasteiger partial charge in [-0.25, -0.2) is 4.98 Å². The van der Waals surface area contributed by atoms with E-state index in [-0.39, 0.29) is 11.8 Å². The lowest BCUT2D eigenvalue weighted by molar-refractivity contribution is -0.114. The summed E-state index contributed by atoms with van der Waals surface area (Å²) in [4.78, 5) is 27.4. The van der Waals surface area contributed by atoms with Crippen LogP contribution in [0.2, 0.25) is 0 Å². The first-order valence-corrected chi connectivity index (χ1v) is 8.61. The van der Waals surface area contributed by atoms with Crippen LogP contribution in [0.4, 0.5) is 10.8 Å². The topological polar surface area (TPSA) is 71.1 Å². The number of aromatic nitrogens is 1. The van der Waals surface area contributed by atoms with Gasteiger partial charge in [0, 0.05) is 28.9 Å². The molecule has 0 aliphatic heterocycles. The van der Waals surface area contributed by atoms with Crippen molar-refractivity contribution < 1.29 is 9.59 Å². The molecular weight excluding hydrogens is 330 g/mol. The van der Waals surface area contributed by atoms with E-state index in [0.29, 0.717) is 10.7 Å². The summed E-state index contributed by atoms with van der Waals surface area (Å²) >= 11 is 2.85. The van der Waals surface area contributed by atoms with Crippen molar-refractivity contribution in [1.29, 1.82) is 0 Å². The molecule has 5 nitrogen and oxygen atoms in total. The highest BCUT2D eigenvalue weighted by Crippen LogP contribution is 2.26. The van der Waals surface area contributed by atoms with Crippen molar-refractivity contribution >= 4 is 45.3 Å². The van der Waals surface area contributed by atoms with Gasteiger partial charge in [-0.2, -0.15) is 11.3 Å². The van der Waals surface area contributed by atoms with Gasteiger partial charge in [-0.05, 0) is 23.6 Å². The Hall–Kier alpha value is -2.51. The lowest BCUT2D eigenvalue weighted by Crippen LogP contribution is -2.10. The van der Waals surface area contributed by atoms with Crippen LogP contribution in [-0.2, 0) is 4.79 Å². The molecular formula is C16H13N3O2S2. The van der Waals surface area contributed by atoms with Crippen LogP contribution >= 0.6 is 22.7 Å². The molecule has 2 N–H and O–H groups in total. The molecule has 23 heavy (non-hydrogen) atoms. The molecule has 2 amide bonds. The van der Waals surface area contributed by atoms with Crippen molar-refractivity contribution in [2.24, 2.45) is 0 Å². The average molecular weight is 343 g/mol. The molecule has 0 atom stereocenters. The summed E-state index contributed by atoms with van der Waals surface area (Å²) < 4.78 is 0. The number of carbonyl (C=O) groups excluding carboxylic acids is 2. The van der Waals surface area contributed by atoms with Crippen LogP contribution in [0.25, 0.3) is 11.3 Å². The monoisotopic (exact) mass is 343 g/mol. The molecule has 0 spiro atoms. The summed E-state index contributed by atoms with van der Waals surface area (Å²) in [6, 6.07) is 9.17. The van der Waals surface area contributed by atoms with Gasteiger partial charge in [-0.15, -0.1) is 11.3 Å². The van der Waals surface area contributed by atoms with E-state index in [1.807, 2.05) is 35.0 Å². The van der Waals surface area contributed by atoms with Gasteiger partial charge < -0.3 is 5.32 Å². The fraction of sp³-hybridized carbons (Fsp3) is 0.0625. The van der Waals surface area contributed by atoms with Crippen molar-refractivity contribution in [3.05, 3.63) is 52.0 Å². The molecule has 3 rings (SSSR count). The van der Waals surface area contributed by atoms with Crippen molar-refractivity contribution in [1.82, 2.24) is 4.98 Å². The van der Waals surface area contributed by atoms with Crippen LogP contribution in [0, 0.1) is 0 Å². The number of anilines is 2. The summed E-state index contributed by atoms with van der Waals surface area (Å²) in [5.41, 5.74) is 3.07. The van der Waals surface area contributed by atoms with E-state index in [1.165, 1.54) is 29.6 Å². The third kappa shape index (κ3) is 3.82. The third-order valence-electron chi connectivity index (χ3n) is 3.01. The second kappa shape index (κ2) is 6.72. The Morgan fingerprint density at radius 2 is 1.83 bits per heavy atom. The zero-order chi connectivity index (χ0) is 16.2. The van der Waals surface area contributed by atoms with E-state index in [9.17, 15) is 9.59 Å². The van der Waals surface area contributed by atoms with Crippen LogP contribution in [-0.4, -0.2) is 16.8 Å². The van der Waals surface area contributed by atoms with Gasteiger partial charge in [-0.3, -0.25) is 14.9 Å². The number of nitrogens with one attached hydrogen (secondary N) is 2. The van der Waals surface area contributed by atoms with Crippen LogP contribution in [0.3, 0.4) is 0 Å². The van der Waals surface area contributed by atoms with Crippen molar-refractivity contribution in [2.75, 3.05) is 10.6 Å². The number of nitrogens with zero attached hydrogens (tertiary/aromatic N) is 1. The maximum Gasteiger partial charge on any atom is 0.258 e. The number of rotatable bonds is 4. The molecule has 2 heterocycles. The van der Waals surface area contributed by atoms with Gasteiger partial charge in [0.05, 0.1) is 11.3 Å². The summed E-state index contributed by atoms with van der Waals surface area (Å²) in [5, 5.41) is 11.6. The van der Waals surface area contributed by atoms with E-state index in [2.05, 4.69) is 15.6 Å². The molecule has 1 aromatic carbocycles. The summed E-state index contributed by atoms with van der Waals surface area (Å²) in [5.74, 6) is -0.266. The number of amides is 2. The fourth-order valence-electron chi connectivity index (χ4n) is 1.95. The number of thiazole rings is 1. The first-order chi connectivity index (χ1) is 11.1. The Bertz CT molecular complexity index is 823. The molecule has 7 heteroatoms. The van der Waals surface area contributed by atoms with Crippen molar-refractivity contribution in [3.8, 4) is 11.3 Å². The minimum atomic E-state index is -0.159. The number of benzene rings is 1. The van der Waals surface area contributed by atoms with Crippen LogP contribution in [0.15, 0.2) is 46.5 Å². The van der Waals surface area contributed by atoms with E-state index in [0.717, 1.165) is 16.9 Å². The first kappa shape index (κ1) is 15.4. The van der Waals surface area contributed by atoms with Gasteiger partial charge in [0.25, 0.3) is 5.91 Å². The van der Waals surface area contributed by atoms with Gasteiger partial charge in [0.1, 0.15) is 0 Å². The SMILES string of the molecule is CC(=O)Nc1ccc(-c2csc(NC(=O)c3ccsc3)n2)cc1. The van der Waals surface area contributed by atoms with E-state index < -0.39 is 0 Å². The second-order valence-electron chi connectivity index (χ2n) is 4.76. The van der Waals surface area contributed by atoms with E-state index >= 15 is 0 Å². The Morgan fingerprint density at radius 3 is 2.48 bits per heavy atom. The highest BCUT2D eigenvalue weighted by Gasteiger charge is 2.10. The molecule has 0 fully saturated rings. The predicted molar refractivity (Wildman–Crippen MR) is 94.1 cm³/mol. The zero-order valence-electron chi connectivity index (χ0n) is 12.2. The molecule has 3 aromatic rings. The Kier molecular flexibility index (Phi) is 4.50. The summed E-state index contributed by atoms with van der Waals surface area (Å²) in [6.07, 6.45) is 0. The third-order valence-corrected chi connectivity index (χ3v) is 4.45. The van der Waals surface area contributed by atoms with E-state index in [4.69, 9.17) is 0 Å². The van der Waals surface area contributed by atoms with Crippen molar-refractivity contribution in [2.45, 2.75) is 6.92 Å². The second-order valence-corrected chi connectivity index (χ2v) is 6.40. The normalized spacial score (nSPS) is 10.3. The number of carbonyl (C=O) groups is 2. The summed E-state index contributed by atoms with van der Waals surface area (Å²) in [6.45, 7) is 1.47. The van der Waals surface area contributed by atoms with Crippen LogP contribution in [0.1, 0.15) is 17.3 Å². The first-order valence-electron chi connectivity index (χ1n) is 6.79. The maximum absolute atomic E-state index is 12.0. The van der Waals surface area contributed by atoms with Gasteiger partial charge in [-0.1, -0.05) is 12.1 Å². The number of thiophene rings is 1. The van der Waals surface area contributed by atoms with Crippen LogP contribution in [0.5, 0.6) is 0 Å². The minimum Gasteiger partial charge on any atom is -0.326 e. The predicted octanol–water partition coefficient (Wildman–Crippen LogP) is 4.08. The molecule has 0 saturated heterocycles. The highest BCUT2D eigenvalue weighted by molar-refractivity contribution is 7.14. The number of hydrogen-bond acceptors (Lipinski definition) is 5. The molecule has 0 bridgehead atoms. The minimum absolute atomic E-state index is 0.107. The Balaban J connectivity index is 1.71. The molecule has 116 valence electrons. The standard InChI is InChI=1S/C16H13N3O2S2/c1-10(20)17-13-4-2-11(3-5-13)14-9-23-16(18-14)19-15(21)12-6-7-22-8-12/h2-9H,1H3,(H,17,20)(H,18,19,21). The zero-order valence-corrected chi connectivity index (χ0v) is 13.8. The largest absolute Gasteiger partial charge is 0.326 e. The number of hydrogen-bond donors (Lipinski definition) is 2. The lowest BCUT2D eigenvalue weighted by Gasteiger charge is -2.02. The lowest BCUT2D eigenvalue weighted by atomic mass is 10.1. The van der Waals surface area contributed by atoms with Gasteiger partial charge >= 0.3 is 0 Å². The van der Waals surface area contributed by atoms with Gasteiger partial charge in [0.15, 0.2) is 5.13 Å². The fourth-order valence-corrected chi connectivity index (χ4v) is 3.30. The van der Waals surface area contributed by atoms with E-state index in [1.54, 1.807) is 11.4 Å². The molecule has 0 saturated carbocycles. The molecule has 0 unspecified atom stereocenters. The van der Waals surface area contributed by atoms with Gasteiger partial charge in [0.2, 0.25) is 5.91 Å².